The minimum Gasteiger partial charge on any atom is -0.501 e. The molecule has 181 valence electrons. The maximum Gasteiger partial charge on any atom is 0.120 e. The van der Waals surface area contributed by atoms with Gasteiger partial charge in [-0.05, 0) is 35.0 Å². The summed E-state index contributed by atoms with van der Waals surface area (Å²) in [5.74, 6) is 0. The van der Waals surface area contributed by atoms with Crippen LogP contribution in [0.25, 0.3) is 44.5 Å². The Hall–Kier alpha value is -3.59. The summed E-state index contributed by atoms with van der Waals surface area (Å²) in [5, 5.41) is 2.33. The van der Waals surface area contributed by atoms with Crippen LogP contribution in [0.5, 0.6) is 0 Å². The first kappa shape index (κ1) is 25.5. The smallest absolute Gasteiger partial charge is 0.120 e. The van der Waals surface area contributed by atoms with E-state index in [4.69, 9.17) is 4.42 Å². The fourth-order valence-electron chi connectivity index (χ4n) is 4.14. The maximum atomic E-state index is 6.20. The molecule has 0 fully saturated rings. The van der Waals surface area contributed by atoms with Crippen molar-refractivity contribution in [1.82, 2.24) is 9.97 Å². The first-order valence-electron chi connectivity index (χ1n) is 11.7. The SMILES string of the molecule is CC(C)(C)c1c[c-]c(-c2ccccn2)c2oc3ccccc3c12.[Ir].[c-]1ccccc1-c1ccccn1. The van der Waals surface area contributed by atoms with E-state index in [1.807, 2.05) is 72.8 Å². The Bertz CT molecular complexity index is 1520. The predicted molar refractivity (Wildman–Crippen MR) is 143 cm³/mol. The molecule has 0 saturated heterocycles. The molecule has 3 heterocycles. The minimum absolute atomic E-state index is 0. The number of para-hydroxylation sites is 1. The topological polar surface area (TPSA) is 38.9 Å². The van der Waals surface area contributed by atoms with Gasteiger partial charge in [0.2, 0.25) is 0 Å². The van der Waals surface area contributed by atoms with Crippen molar-refractivity contribution in [2.75, 3.05) is 0 Å². The quantitative estimate of drug-likeness (QED) is 0.178. The zero-order valence-electron chi connectivity index (χ0n) is 20.5. The summed E-state index contributed by atoms with van der Waals surface area (Å²) < 4.78 is 6.20. The summed E-state index contributed by atoms with van der Waals surface area (Å²) in [6.07, 6.45) is 3.59. The Morgan fingerprint density at radius 3 is 2.03 bits per heavy atom. The number of nitrogens with zero attached hydrogens (tertiary/aromatic N) is 2. The van der Waals surface area contributed by atoms with Gasteiger partial charge in [0, 0.05) is 37.9 Å². The van der Waals surface area contributed by atoms with Crippen LogP contribution in [0.4, 0.5) is 0 Å². The molecule has 4 heteroatoms. The van der Waals surface area contributed by atoms with E-state index in [0.29, 0.717) is 0 Å². The monoisotopic (exact) mass is 647 g/mol. The molecule has 0 spiro atoms. The number of hydrogen-bond acceptors (Lipinski definition) is 3. The second-order valence-corrected chi connectivity index (χ2v) is 9.34. The molecule has 0 atom stereocenters. The van der Waals surface area contributed by atoms with Crippen molar-refractivity contribution in [1.29, 1.82) is 0 Å². The van der Waals surface area contributed by atoms with Crippen LogP contribution < -0.4 is 0 Å². The Morgan fingerprint density at radius 1 is 0.722 bits per heavy atom. The number of furan rings is 1. The van der Waals surface area contributed by atoms with E-state index < -0.39 is 0 Å². The van der Waals surface area contributed by atoms with E-state index in [1.165, 1.54) is 10.9 Å². The average Bonchev–Trinajstić information content (AvgIpc) is 3.29. The van der Waals surface area contributed by atoms with Gasteiger partial charge in [-0.1, -0.05) is 74.2 Å². The molecule has 3 nitrogen and oxygen atoms in total. The van der Waals surface area contributed by atoms with E-state index in [9.17, 15) is 0 Å². The van der Waals surface area contributed by atoms with E-state index in [1.54, 1.807) is 12.4 Å². The van der Waals surface area contributed by atoms with Crippen LogP contribution in [0.15, 0.2) is 108 Å². The van der Waals surface area contributed by atoms with Crippen molar-refractivity contribution in [3.05, 3.63) is 121 Å². The molecular weight excluding hydrogens is 621 g/mol. The Kier molecular flexibility index (Phi) is 7.78. The Labute approximate surface area is 225 Å². The van der Waals surface area contributed by atoms with E-state index in [2.05, 4.69) is 61.1 Å². The molecule has 3 aromatic heterocycles. The van der Waals surface area contributed by atoms with Crippen molar-refractivity contribution in [2.24, 2.45) is 0 Å². The number of benzene rings is 3. The molecule has 6 rings (SSSR count). The van der Waals surface area contributed by atoms with Gasteiger partial charge >= 0.3 is 0 Å². The second-order valence-electron chi connectivity index (χ2n) is 9.34. The van der Waals surface area contributed by atoms with Crippen molar-refractivity contribution in [2.45, 2.75) is 26.2 Å². The van der Waals surface area contributed by atoms with Gasteiger partial charge < -0.3 is 14.4 Å². The molecule has 0 aliphatic heterocycles. The third kappa shape index (κ3) is 5.31. The fourth-order valence-corrected chi connectivity index (χ4v) is 4.14. The Morgan fingerprint density at radius 2 is 1.39 bits per heavy atom. The molecule has 0 saturated carbocycles. The van der Waals surface area contributed by atoms with Gasteiger partial charge in [0.25, 0.3) is 0 Å². The molecule has 0 amide bonds. The van der Waals surface area contributed by atoms with E-state index in [-0.39, 0.29) is 25.5 Å². The van der Waals surface area contributed by atoms with Crippen molar-refractivity contribution >= 4 is 21.9 Å². The van der Waals surface area contributed by atoms with Gasteiger partial charge in [-0.2, -0.15) is 0 Å². The molecule has 0 aliphatic rings. The normalized spacial score (nSPS) is 11.0. The van der Waals surface area contributed by atoms with Crippen molar-refractivity contribution in [3.63, 3.8) is 0 Å². The Balaban J connectivity index is 0.000000198. The predicted octanol–water partition coefficient (Wildman–Crippen LogP) is 8.29. The standard InChI is InChI=1S/C21H18NO.C11H8N.Ir/c1-21(2,3)16-12-11-14(17-9-6-7-13-22-17)20-19(16)15-8-4-5-10-18(15)23-20;1-2-6-10(7-3-1)11-8-4-5-9-12-11;/h4-10,12-13H,1-3H3;1-6,8-9H;/q2*-1;. The second kappa shape index (κ2) is 11.0. The molecule has 0 unspecified atom stereocenters. The first-order valence-corrected chi connectivity index (χ1v) is 11.7. The van der Waals surface area contributed by atoms with Gasteiger partial charge in [0.15, 0.2) is 0 Å². The number of fused-ring (bicyclic) bond motifs is 3. The van der Waals surface area contributed by atoms with E-state index in [0.717, 1.165) is 39.1 Å². The minimum atomic E-state index is 0. The van der Waals surface area contributed by atoms with Crippen LogP contribution in [-0.4, -0.2) is 9.97 Å². The molecule has 0 N–H and O–H groups in total. The van der Waals surface area contributed by atoms with Crippen LogP contribution in [0, 0.1) is 12.1 Å². The third-order valence-electron chi connectivity index (χ3n) is 5.83. The largest absolute Gasteiger partial charge is 0.501 e. The molecule has 6 aromatic rings. The summed E-state index contributed by atoms with van der Waals surface area (Å²) in [6, 6.07) is 36.4. The summed E-state index contributed by atoms with van der Waals surface area (Å²) in [5.41, 5.74) is 6.86. The van der Waals surface area contributed by atoms with E-state index >= 15 is 0 Å². The molecular formula is C32H26IrN2O-2. The van der Waals surface area contributed by atoms with Crippen molar-refractivity contribution < 1.29 is 24.5 Å². The zero-order chi connectivity index (χ0) is 24.3. The summed E-state index contributed by atoms with van der Waals surface area (Å²) in [7, 11) is 0. The van der Waals surface area contributed by atoms with Crippen LogP contribution in [-0.2, 0) is 25.5 Å². The zero-order valence-corrected chi connectivity index (χ0v) is 22.8. The third-order valence-corrected chi connectivity index (χ3v) is 5.83. The molecule has 36 heavy (non-hydrogen) atoms. The van der Waals surface area contributed by atoms with Gasteiger partial charge in [-0.15, -0.1) is 53.6 Å². The first-order chi connectivity index (χ1) is 17.0. The maximum absolute atomic E-state index is 6.20. The van der Waals surface area contributed by atoms with Gasteiger partial charge in [-0.3, -0.25) is 0 Å². The average molecular weight is 647 g/mol. The van der Waals surface area contributed by atoms with Crippen LogP contribution in [0.2, 0.25) is 0 Å². The number of hydrogen-bond donors (Lipinski definition) is 0. The number of aromatic nitrogens is 2. The fraction of sp³-hybridized carbons (Fsp3) is 0.125. The summed E-state index contributed by atoms with van der Waals surface area (Å²) >= 11 is 0. The van der Waals surface area contributed by atoms with Crippen LogP contribution >= 0.6 is 0 Å². The summed E-state index contributed by atoms with van der Waals surface area (Å²) in [4.78, 5) is 8.69. The number of rotatable bonds is 2. The molecule has 3 aromatic carbocycles. The van der Waals surface area contributed by atoms with Gasteiger partial charge in [0.1, 0.15) is 5.58 Å². The number of pyridine rings is 2. The van der Waals surface area contributed by atoms with Crippen molar-refractivity contribution in [3.8, 4) is 22.5 Å². The molecule has 0 aliphatic carbocycles. The summed E-state index contributed by atoms with van der Waals surface area (Å²) in [6.45, 7) is 6.66. The molecule has 1 radical (unpaired) electrons. The molecule has 0 bridgehead atoms. The van der Waals surface area contributed by atoms with Crippen LogP contribution in [0.3, 0.4) is 0 Å². The van der Waals surface area contributed by atoms with Gasteiger partial charge in [0.05, 0.1) is 5.58 Å². The van der Waals surface area contributed by atoms with Gasteiger partial charge in [-0.25, -0.2) is 0 Å². The van der Waals surface area contributed by atoms with Crippen LogP contribution in [0.1, 0.15) is 26.3 Å².